The third kappa shape index (κ3) is 4.24. The predicted molar refractivity (Wildman–Crippen MR) is 73.7 cm³/mol. The fourth-order valence-electron chi connectivity index (χ4n) is 2.52. The highest BCUT2D eigenvalue weighted by molar-refractivity contribution is 5.73. The number of carbonyl (C=O) groups is 1. The molecule has 1 aliphatic carbocycles. The smallest absolute Gasteiger partial charge is 0.310 e. The Morgan fingerprint density at radius 1 is 1.37 bits per heavy atom. The van der Waals surface area contributed by atoms with Crippen LogP contribution in [0.1, 0.15) is 31.2 Å². The Bertz CT molecular complexity index is 433. The van der Waals surface area contributed by atoms with Gasteiger partial charge in [-0.2, -0.15) is 0 Å². The number of hydrogen-bond acceptors (Lipinski definition) is 4. The zero-order chi connectivity index (χ0) is 13.7. The minimum atomic E-state index is -0.188. The van der Waals surface area contributed by atoms with E-state index in [1.54, 1.807) is 19.2 Å². The number of nitrogens with two attached hydrogens (primary N) is 1. The van der Waals surface area contributed by atoms with Crippen molar-refractivity contribution >= 4 is 11.7 Å². The van der Waals surface area contributed by atoms with Crippen LogP contribution in [0.4, 0.5) is 5.69 Å². The summed E-state index contributed by atoms with van der Waals surface area (Å²) in [5, 5.41) is 0. The van der Waals surface area contributed by atoms with Crippen LogP contribution in [0.25, 0.3) is 0 Å². The van der Waals surface area contributed by atoms with Crippen LogP contribution in [0.5, 0.6) is 0 Å². The fraction of sp³-hybridized carbons (Fsp3) is 0.533. The zero-order valence-electron chi connectivity index (χ0n) is 11.3. The monoisotopic (exact) mass is 263 g/mol. The molecular formula is C15H21NO3. The van der Waals surface area contributed by atoms with Crippen molar-refractivity contribution in [2.75, 3.05) is 12.8 Å². The Kier molecular flexibility index (Phi) is 4.80. The van der Waals surface area contributed by atoms with Crippen LogP contribution in [-0.2, 0) is 20.7 Å². The van der Waals surface area contributed by atoms with E-state index in [9.17, 15) is 4.79 Å². The Labute approximate surface area is 113 Å². The van der Waals surface area contributed by atoms with E-state index in [0.717, 1.165) is 31.2 Å². The number of esters is 1. The lowest BCUT2D eigenvalue weighted by Gasteiger charge is -2.27. The summed E-state index contributed by atoms with van der Waals surface area (Å²) in [6.45, 7) is 0. The van der Waals surface area contributed by atoms with Gasteiger partial charge in [0.05, 0.1) is 12.5 Å². The van der Waals surface area contributed by atoms with Crippen LogP contribution >= 0.6 is 0 Å². The number of benzene rings is 1. The molecule has 19 heavy (non-hydrogen) atoms. The van der Waals surface area contributed by atoms with Crippen molar-refractivity contribution in [1.29, 1.82) is 0 Å². The van der Waals surface area contributed by atoms with Crippen molar-refractivity contribution in [2.24, 2.45) is 0 Å². The van der Waals surface area contributed by atoms with E-state index >= 15 is 0 Å². The van der Waals surface area contributed by atoms with E-state index < -0.39 is 0 Å². The number of hydrogen-bond donors (Lipinski definition) is 1. The summed E-state index contributed by atoms with van der Waals surface area (Å²) in [5.41, 5.74) is 7.25. The summed E-state index contributed by atoms with van der Waals surface area (Å²) in [6, 6.07) is 7.34. The largest absolute Gasteiger partial charge is 0.462 e. The highest BCUT2D eigenvalue weighted by Crippen LogP contribution is 2.23. The van der Waals surface area contributed by atoms with Crippen LogP contribution in [-0.4, -0.2) is 25.3 Å². The maximum absolute atomic E-state index is 11.9. The van der Waals surface area contributed by atoms with E-state index in [2.05, 4.69) is 0 Å². The van der Waals surface area contributed by atoms with Gasteiger partial charge >= 0.3 is 5.97 Å². The van der Waals surface area contributed by atoms with Gasteiger partial charge in [0, 0.05) is 19.2 Å². The molecule has 0 saturated heterocycles. The highest BCUT2D eigenvalue weighted by Gasteiger charge is 2.24. The summed E-state index contributed by atoms with van der Waals surface area (Å²) in [4.78, 5) is 11.9. The van der Waals surface area contributed by atoms with Crippen molar-refractivity contribution in [1.82, 2.24) is 0 Å². The number of nitrogen functional groups attached to an aromatic ring is 1. The van der Waals surface area contributed by atoms with Gasteiger partial charge in [0.25, 0.3) is 0 Å². The molecule has 0 aromatic heterocycles. The molecule has 0 bridgehead atoms. The van der Waals surface area contributed by atoms with Crippen molar-refractivity contribution in [3.05, 3.63) is 29.8 Å². The third-order valence-corrected chi connectivity index (χ3v) is 3.51. The van der Waals surface area contributed by atoms with Gasteiger partial charge in [0.2, 0.25) is 0 Å². The van der Waals surface area contributed by atoms with Gasteiger partial charge in [-0.25, -0.2) is 0 Å². The molecule has 0 spiro atoms. The summed E-state index contributed by atoms with van der Waals surface area (Å²) < 4.78 is 10.8. The molecule has 2 rings (SSSR count). The minimum Gasteiger partial charge on any atom is -0.462 e. The van der Waals surface area contributed by atoms with Crippen molar-refractivity contribution in [2.45, 2.75) is 44.3 Å². The molecule has 1 aromatic carbocycles. The van der Waals surface area contributed by atoms with Gasteiger partial charge in [-0.05, 0) is 37.0 Å². The summed E-state index contributed by atoms with van der Waals surface area (Å²) in [5.74, 6) is -0.188. The van der Waals surface area contributed by atoms with Crippen molar-refractivity contribution < 1.29 is 14.3 Å². The molecule has 0 aliphatic heterocycles. The summed E-state index contributed by atoms with van der Waals surface area (Å²) >= 11 is 0. The normalized spacial score (nSPS) is 23.0. The first-order valence-corrected chi connectivity index (χ1v) is 6.74. The first-order chi connectivity index (χ1) is 9.17. The van der Waals surface area contributed by atoms with Gasteiger partial charge in [-0.15, -0.1) is 0 Å². The first kappa shape index (κ1) is 13.9. The maximum atomic E-state index is 11.9. The molecular weight excluding hydrogens is 242 g/mol. The van der Waals surface area contributed by atoms with E-state index in [0.29, 0.717) is 5.69 Å². The number of ether oxygens (including phenoxy) is 2. The van der Waals surface area contributed by atoms with Crippen LogP contribution in [0.2, 0.25) is 0 Å². The second kappa shape index (κ2) is 6.57. The second-order valence-electron chi connectivity index (χ2n) is 5.06. The van der Waals surface area contributed by atoms with Crippen molar-refractivity contribution in [3.63, 3.8) is 0 Å². The minimum absolute atomic E-state index is 0.00717. The van der Waals surface area contributed by atoms with E-state index in [-0.39, 0.29) is 24.6 Å². The summed E-state index contributed by atoms with van der Waals surface area (Å²) in [6.07, 6.45) is 4.33. The predicted octanol–water partition coefficient (Wildman–Crippen LogP) is 2.31. The molecule has 4 heteroatoms. The standard InChI is InChI=1S/C15H21NO3/c1-18-13-6-3-7-14(10-13)19-15(17)9-11-4-2-5-12(16)8-11/h2,4-5,8,13-14H,3,6-7,9-10,16H2,1H3. The average Bonchev–Trinajstić information content (AvgIpc) is 2.38. The average molecular weight is 263 g/mol. The molecule has 0 amide bonds. The van der Waals surface area contributed by atoms with Crippen LogP contribution in [0.15, 0.2) is 24.3 Å². The lowest BCUT2D eigenvalue weighted by atomic mass is 9.95. The van der Waals surface area contributed by atoms with Crippen LogP contribution < -0.4 is 5.73 Å². The Hall–Kier alpha value is -1.55. The lowest BCUT2D eigenvalue weighted by molar-refractivity contribution is -0.151. The lowest BCUT2D eigenvalue weighted by Crippen LogP contribution is -2.29. The maximum Gasteiger partial charge on any atom is 0.310 e. The molecule has 0 radical (unpaired) electrons. The second-order valence-corrected chi connectivity index (χ2v) is 5.06. The molecule has 0 heterocycles. The van der Waals surface area contributed by atoms with Gasteiger partial charge in [0.1, 0.15) is 6.10 Å². The molecule has 1 fully saturated rings. The van der Waals surface area contributed by atoms with Crippen LogP contribution in [0.3, 0.4) is 0 Å². The third-order valence-electron chi connectivity index (χ3n) is 3.51. The quantitative estimate of drug-likeness (QED) is 0.669. The van der Waals surface area contributed by atoms with Gasteiger partial charge in [-0.1, -0.05) is 12.1 Å². The zero-order valence-corrected chi connectivity index (χ0v) is 11.3. The Morgan fingerprint density at radius 3 is 2.89 bits per heavy atom. The van der Waals surface area contributed by atoms with E-state index in [4.69, 9.17) is 15.2 Å². The number of carbonyl (C=O) groups excluding carboxylic acids is 1. The van der Waals surface area contributed by atoms with Gasteiger partial charge < -0.3 is 15.2 Å². The van der Waals surface area contributed by atoms with Crippen molar-refractivity contribution in [3.8, 4) is 0 Å². The molecule has 2 unspecified atom stereocenters. The summed E-state index contributed by atoms with van der Waals surface area (Å²) in [7, 11) is 1.71. The number of methoxy groups -OCH3 is 1. The van der Waals surface area contributed by atoms with Crippen LogP contribution in [0, 0.1) is 0 Å². The molecule has 2 N–H and O–H groups in total. The topological polar surface area (TPSA) is 61.5 Å². The molecule has 1 saturated carbocycles. The molecule has 1 aliphatic rings. The Morgan fingerprint density at radius 2 is 2.16 bits per heavy atom. The molecule has 1 aromatic rings. The number of anilines is 1. The first-order valence-electron chi connectivity index (χ1n) is 6.74. The number of rotatable bonds is 4. The Balaban J connectivity index is 1.84. The van der Waals surface area contributed by atoms with E-state index in [1.807, 2.05) is 12.1 Å². The van der Waals surface area contributed by atoms with E-state index in [1.165, 1.54) is 0 Å². The van der Waals surface area contributed by atoms with Gasteiger partial charge in [0.15, 0.2) is 0 Å². The molecule has 4 nitrogen and oxygen atoms in total. The SMILES string of the molecule is COC1CCCC(OC(=O)Cc2cccc(N)c2)C1. The molecule has 104 valence electrons. The molecule has 2 atom stereocenters. The highest BCUT2D eigenvalue weighted by atomic mass is 16.5. The van der Waals surface area contributed by atoms with Gasteiger partial charge in [-0.3, -0.25) is 4.79 Å². The fourth-order valence-corrected chi connectivity index (χ4v) is 2.52.